The minimum atomic E-state index is -1.23. The van der Waals surface area contributed by atoms with E-state index in [2.05, 4.69) is 39.2 Å². The van der Waals surface area contributed by atoms with Gasteiger partial charge in [0, 0.05) is 68.2 Å². The van der Waals surface area contributed by atoms with Crippen molar-refractivity contribution in [3.63, 3.8) is 0 Å². The van der Waals surface area contributed by atoms with Crippen LogP contribution in [0.25, 0.3) is 0 Å². The molecule has 2 aromatic rings. The first-order valence-corrected chi connectivity index (χ1v) is 22.9. The maximum atomic E-state index is 13.7. The molecule has 0 aliphatic heterocycles. The quantitative estimate of drug-likeness (QED) is 0.0215. The van der Waals surface area contributed by atoms with Gasteiger partial charge in [0.25, 0.3) is 0 Å². The third-order valence-electron chi connectivity index (χ3n) is 10.9. The summed E-state index contributed by atoms with van der Waals surface area (Å²) in [7, 11) is 0. The van der Waals surface area contributed by atoms with Crippen LogP contribution in [0.1, 0.15) is 113 Å². The number of ketones is 4. The standard InChI is InChI=1S/C47H65FN6O11S/c1-30(26-42(59)39(28-66)54-45(63)34(19-22-43(60)61)27-36(56)13-9-16-41(58)33-17-20-35(48)21-18-33)44(62)52-37(14-6-7-24-49)47(65)53-38(23-25-50-29-55)46(64)51-31(2)40(57)15-8-12-32-10-4-3-5-11-32/h3-5,10-11,17-18,20-21,29-31,34,37-39,66H,6-9,12-16,19,22-28,49H2,1-2H3,(H,50,55)(H,51,64)(H,52,62)(H,53,65)(H,54,63)(H,60,61)/t30?,31-,34+,37-,38-,39-/m0/s1. The van der Waals surface area contributed by atoms with E-state index in [-0.39, 0.29) is 80.8 Å². The summed E-state index contributed by atoms with van der Waals surface area (Å²) in [5, 5.41) is 22.2. The van der Waals surface area contributed by atoms with Crippen molar-refractivity contribution in [3.05, 3.63) is 71.5 Å². The molecule has 8 N–H and O–H groups in total. The lowest BCUT2D eigenvalue weighted by Gasteiger charge is -2.25. The molecule has 5 amide bonds. The van der Waals surface area contributed by atoms with Crippen LogP contribution in [0.15, 0.2) is 54.6 Å². The zero-order chi connectivity index (χ0) is 49.0. The van der Waals surface area contributed by atoms with E-state index in [1.54, 1.807) is 6.92 Å². The van der Waals surface area contributed by atoms with Crippen LogP contribution in [0.3, 0.4) is 0 Å². The second kappa shape index (κ2) is 31.2. The number of aryl methyl sites for hydroxylation is 1. The molecule has 0 radical (unpaired) electrons. The Morgan fingerprint density at radius 3 is 1.95 bits per heavy atom. The number of aliphatic carboxylic acids is 1. The van der Waals surface area contributed by atoms with Gasteiger partial charge in [-0.25, -0.2) is 4.39 Å². The Labute approximate surface area is 390 Å². The van der Waals surface area contributed by atoms with Crippen molar-refractivity contribution >= 4 is 71.8 Å². The maximum absolute atomic E-state index is 13.7. The Balaban J connectivity index is 2.05. The van der Waals surface area contributed by atoms with Gasteiger partial charge in [-0.2, -0.15) is 12.6 Å². The van der Waals surface area contributed by atoms with Crippen molar-refractivity contribution in [2.75, 3.05) is 18.8 Å². The number of hydrogen-bond acceptors (Lipinski definition) is 12. The summed E-state index contributed by atoms with van der Waals surface area (Å²) in [6.07, 6.45) is 1.49. The van der Waals surface area contributed by atoms with Gasteiger partial charge in [0.15, 0.2) is 17.3 Å². The summed E-state index contributed by atoms with van der Waals surface area (Å²) < 4.78 is 13.2. The number of nitrogens with one attached hydrogen (secondary N) is 5. The number of Topliss-reactive ketones (excluding diaryl/α,β-unsaturated/α-hetero) is 4. The molecule has 0 saturated carbocycles. The number of carboxylic acid groups (broad SMARTS) is 1. The van der Waals surface area contributed by atoms with Crippen molar-refractivity contribution in [2.24, 2.45) is 17.6 Å². The highest BCUT2D eigenvalue weighted by Gasteiger charge is 2.32. The lowest BCUT2D eigenvalue weighted by Crippen LogP contribution is -2.56. The number of carbonyl (C=O) groups excluding carboxylic acids is 9. The molecule has 17 nitrogen and oxygen atoms in total. The van der Waals surface area contributed by atoms with Gasteiger partial charge in [0.05, 0.1) is 12.1 Å². The third kappa shape index (κ3) is 21.9. The molecule has 0 aromatic heterocycles. The lowest BCUT2D eigenvalue weighted by molar-refractivity contribution is -0.138. The Morgan fingerprint density at radius 1 is 0.682 bits per heavy atom. The van der Waals surface area contributed by atoms with Crippen LogP contribution in [0.2, 0.25) is 0 Å². The van der Waals surface area contributed by atoms with Crippen molar-refractivity contribution in [1.82, 2.24) is 26.6 Å². The first-order chi connectivity index (χ1) is 31.5. The minimum absolute atomic E-state index is 0.00623. The van der Waals surface area contributed by atoms with E-state index in [4.69, 9.17) is 5.73 Å². The van der Waals surface area contributed by atoms with E-state index in [1.807, 2.05) is 30.3 Å². The second-order valence-electron chi connectivity index (χ2n) is 16.3. The van der Waals surface area contributed by atoms with Crippen LogP contribution in [-0.2, 0) is 49.6 Å². The fraction of sp³-hybridized carbons (Fsp3) is 0.532. The van der Waals surface area contributed by atoms with E-state index in [9.17, 15) is 57.4 Å². The zero-order valence-electron chi connectivity index (χ0n) is 37.7. The third-order valence-corrected chi connectivity index (χ3v) is 11.2. The molecular formula is C47H65FN6O11S. The van der Waals surface area contributed by atoms with Crippen LogP contribution < -0.4 is 32.3 Å². The molecular weight excluding hydrogens is 876 g/mol. The molecule has 0 spiro atoms. The highest BCUT2D eigenvalue weighted by Crippen LogP contribution is 2.18. The number of benzene rings is 2. The number of unbranched alkanes of at least 4 members (excludes halogenated alkanes) is 1. The summed E-state index contributed by atoms with van der Waals surface area (Å²) in [6, 6.07) is 10.1. The van der Waals surface area contributed by atoms with Crippen molar-refractivity contribution in [3.8, 4) is 0 Å². The smallest absolute Gasteiger partial charge is 0.303 e. The molecule has 19 heteroatoms. The molecule has 0 bridgehead atoms. The van der Waals surface area contributed by atoms with Gasteiger partial charge in [-0.3, -0.25) is 47.9 Å². The Morgan fingerprint density at radius 2 is 1.32 bits per heavy atom. The van der Waals surface area contributed by atoms with Crippen LogP contribution in [0, 0.1) is 17.7 Å². The zero-order valence-corrected chi connectivity index (χ0v) is 38.6. The van der Waals surface area contributed by atoms with Crippen LogP contribution in [0.4, 0.5) is 4.39 Å². The second-order valence-corrected chi connectivity index (χ2v) is 16.6. The topological polar surface area (TPSA) is 277 Å². The summed E-state index contributed by atoms with van der Waals surface area (Å²) in [6.45, 7) is 3.29. The van der Waals surface area contributed by atoms with Gasteiger partial charge in [0.1, 0.15) is 23.7 Å². The van der Waals surface area contributed by atoms with Crippen LogP contribution >= 0.6 is 12.6 Å². The largest absolute Gasteiger partial charge is 0.481 e. The summed E-state index contributed by atoms with van der Waals surface area (Å²) in [4.78, 5) is 128. The molecule has 2 rings (SSSR count). The molecule has 1 unspecified atom stereocenters. The molecule has 0 aliphatic carbocycles. The van der Waals surface area contributed by atoms with Gasteiger partial charge in [0.2, 0.25) is 30.0 Å². The maximum Gasteiger partial charge on any atom is 0.303 e. The highest BCUT2D eigenvalue weighted by molar-refractivity contribution is 7.80. The van der Waals surface area contributed by atoms with Gasteiger partial charge in [-0.1, -0.05) is 37.3 Å². The van der Waals surface area contributed by atoms with E-state index in [1.165, 1.54) is 19.1 Å². The normalized spacial score (nSPS) is 13.7. The van der Waals surface area contributed by atoms with E-state index >= 15 is 0 Å². The van der Waals surface area contributed by atoms with Gasteiger partial charge in [-0.15, -0.1) is 0 Å². The number of rotatable bonds is 35. The minimum Gasteiger partial charge on any atom is -0.481 e. The number of nitrogens with two attached hydrogens (primary N) is 1. The molecule has 0 aliphatic rings. The molecule has 0 fully saturated rings. The van der Waals surface area contributed by atoms with Crippen LogP contribution in [-0.4, -0.2) is 107 Å². The first kappa shape index (κ1) is 56.3. The van der Waals surface area contributed by atoms with E-state index in [0.29, 0.717) is 38.6 Å². The number of hydrogen-bond donors (Lipinski definition) is 8. The Hall–Kier alpha value is -5.82. The van der Waals surface area contributed by atoms with Crippen molar-refractivity contribution in [2.45, 2.75) is 128 Å². The molecule has 6 atom stereocenters. The fourth-order valence-corrected chi connectivity index (χ4v) is 7.20. The number of carbonyl (C=O) groups is 10. The SMILES string of the molecule is CC(CC(=O)[C@H](CS)NC(=O)[C@H](CCC(=O)O)CC(=O)CCCC(=O)c1ccc(F)cc1)C(=O)N[C@@H](CCCCN)C(=O)N[C@@H](CCNC=O)C(=O)N[C@@H](C)C(=O)CCCc1ccccc1. The summed E-state index contributed by atoms with van der Waals surface area (Å²) >= 11 is 4.21. The first-order valence-electron chi connectivity index (χ1n) is 22.3. The van der Waals surface area contributed by atoms with Crippen molar-refractivity contribution in [1.29, 1.82) is 0 Å². The van der Waals surface area contributed by atoms with Gasteiger partial charge >= 0.3 is 5.97 Å². The summed E-state index contributed by atoms with van der Waals surface area (Å²) in [5.41, 5.74) is 7.03. The molecule has 362 valence electrons. The molecule has 2 aromatic carbocycles. The molecule has 0 saturated heterocycles. The number of halogens is 1. The lowest BCUT2D eigenvalue weighted by atomic mass is 9.92. The Kier molecular flexibility index (Phi) is 26.6. The number of thiol groups is 1. The van der Waals surface area contributed by atoms with Gasteiger partial charge in [-0.05, 0) is 94.7 Å². The predicted molar refractivity (Wildman–Crippen MR) is 247 cm³/mol. The Bertz CT molecular complexity index is 1940. The van der Waals surface area contributed by atoms with Crippen molar-refractivity contribution < 1.29 is 57.4 Å². The highest BCUT2D eigenvalue weighted by atomic mass is 32.1. The number of amides is 5. The number of carboxylic acids is 1. The van der Waals surface area contributed by atoms with E-state index in [0.717, 1.165) is 17.7 Å². The molecule has 0 heterocycles. The van der Waals surface area contributed by atoms with Gasteiger partial charge < -0.3 is 37.4 Å². The van der Waals surface area contributed by atoms with Crippen LogP contribution in [0.5, 0.6) is 0 Å². The average Bonchev–Trinajstić information content (AvgIpc) is 3.28. The summed E-state index contributed by atoms with van der Waals surface area (Å²) in [5.74, 6) is -8.44. The molecule has 66 heavy (non-hydrogen) atoms. The predicted octanol–water partition coefficient (Wildman–Crippen LogP) is 2.96. The monoisotopic (exact) mass is 940 g/mol. The average molecular weight is 941 g/mol. The fourth-order valence-electron chi connectivity index (χ4n) is 6.91. The van der Waals surface area contributed by atoms with E-state index < -0.39 is 95.8 Å².